The molecule has 0 atom stereocenters. The third-order valence-corrected chi connectivity index (χ3v) is 12.2. The smallest absolute Gasteiger partial charge is 0.0540 e. The Morgan fingerprint density at radius 1 is 0.404 bits per heavy atom. The van der Waals surface area contributed by atoms with Crippen LogP contribution in [0, 0.1) is 23.7 Å². The Morgan fingerprint density at radius 3 is 1.64 bits per heavy atom. The first-order valence-corrected chi connectivity index (χ1v) is 17.6. The molecular formula is C46H39N. The molecule has 0 heterocycles. The highest BCUT2D eigenvalue weighted by molar-refractivity contribution is 5.95. The Hall–Kier alpha value is -4.88. The molecule has 0 aromatic heterocycles. The number of hydrogen-bond donors (Lipinski definition) is 0. The minimum atomic E-state index is 0.0693. The SMILES string of the molecule is c1ccc(-c2ccc(N(c3ccccc3-c3ccccc3)c3cccc4c3C3(c5ccccc5-4)C4CC5CC(C4)CC3C5)cc2)cc1. The Labute approximate surface area is 278 Å². The monoisotopic (exact) mass is 605 g/mol. The lowest BCUT2D eigenvalue weighted by Gasteiger charge is -2.61. The Morgan fingerprint density at radius 2 is 0.936 bits per heavy atom. The first kappa shape index (κ1) is 27.3. The van der Waals surface area contributed by atoms with Crippen LogP contribution < -0.4 is 4.90 Å². The van der Waals surface area contributed by atoms with Crippen LogP contribution in [-0.4, -0.2) is 0 Å². The standard InChI is InChI=1S/C46H39N/c1-3-12-33(13-4-1)34-22-24-38(25-23-34)47(43-20-10-8-16-39(43)35-14-5-2-6-15-35)44-21-11-18-41-40-17-7-9-19-42(40)46(45(41)44)36-27-31-26-32(29-36)30-37(46)28-31/h1-25,31-32,36-37H,26-30H2. The fourth-order valence-electron chi connectivity index (χ4n) is 10.7. The maximum atomic E-state index is 2.61. The number of anilines is 3. The first-order valence-electron chi connectivity index (χ1n) is 17.6. The van der Waals surface area contributed by atoms with Gasteiger partial charge in [0, 0.05) is 16.7 Å². The van der Waals surface area contributed by atoms with Crippen molar-refractivity contribution in [2.45, 2.75) is 37.5 Å². The van der Waals surface area contributed by atoms with Gasteiger partial charge in [-0.1, -0.05) is 127 Å². The summed E-state index contributed by atoms with van der Waals surface area (Å²) in [5, 5.41) is 0. The van der Waals surface area contributed by atoms with Crippen molar-refractivity contribution < 1.29 is 0 Å². The van der Waals surface area contributed by atoms with Gasteiger partial charge in [-0.15, -0.1) is 0 Å². The maximum Gasteiger partial charge on any atom is 0.0540 e. The molecule has 4 fully saturated rings. The van der Waals surface area contributed by atoms with Gasteiger partial charge in [-0.25, -0.2) is 0 Å². The van der Waals surface area contributed by atoms with E-state index in [9.17, 15) is 0 Å². The molecule has 4 saturated carbocycles. The lowest BCUT2D eigenvalue weighted by molar-refractivity contribution is -0.0397. The van der Waals surface area contributed by atoms with Crippen LogP contribution in [0.15, 0.2) is 152 Å². The molecular weight excluding hydrogens is 567 g/mol. The van der Waals surface area contributed by atoms with E-state index in [4.69, 9.17) is 0 Å². The lowest BCUT2D eigenvalue weighted by Crippen LogP contribution is -2.55. The third kappa shape index (κ3) is 4.02. The van der Waals surface area contributed by atoms with Crippen molar-refractivity contribution in [3.05, 3.63) is 163 Å². The summed E-state index contributed by atoms with van der Waals surface area (Å²) in [5.74, 6) is 3.22. The molecule has 5 aliphatic rings. The molecule has 1 heteroatoms. The van der Waals surface area contributed by atoms with Gasteiger partial charge >= 0.3 is 0 Å². The van der Waals surface area contributed by atoms with E-state index in [0.717, 1.165) is 11.8 Å². The molecule has 5 aliphatic carbocycles. The molecule has 1 spiro atoms. The van der Waals surface area contributed by atoms with Crippen LogP contribution in [0.1, 0.15) is 43.2 Å². The van der Waals surface area contributed by atoms with Crippen molar-refractivity contribution in [3.8, 4) is 33.4 Å². The van der Waals surface area contributed by atoms with E-state index in [2.05, 4.69) is 157 Å². The number of nitrogens with zero attached hydrogens (tertiary/aromatic N) is 1. The first-order chi connectivity index (χ1) is 23.3. The van der Waals surface area contributed by atoms with Gasteiger partial charge in [0.25, 0.3) is 0 Å². The highest BCUT2D eigenvalue weighted by Crippen LogP contribution is 2.71. The molecule has 0 saturated heterocycles. The molecule has 0 radical (unpaired) electrons. The van der Waals surface area contributed by atoms with E-state index in [1.807, 2.05) is 0 Å². The topological polar surface area (TPSA) is 3.24 Å². The average Bonchev–Trinajstić information content (AvgIpc) is 3.43. The Bertz CT molecular complexity index is 2060. The van der Waals surface area contributed by atoms with Crippen molar-refractivity contribution in [2.75, 3.05) is 4.90 Å². The number of para-hydroxylation sites is 1. The highest BCUT2D eigenvalue weighted by atomic mass is 15.1. The molecule has 1 nitrogen and oxygen atoms in total. The maximum absolute atomic E-state index is 2.61. The molecule has 0 amide bonds. The zero-order chi connectivity index (χ0) is 31.0. The van der Waals surface area contributed by atoms with Crippen LogP contribution in [0.2, 0.25) is 0 Å². The summed E-state index contributed by atoms with van der Waals surface area (Å²) in [7, 11) is 0. The number of rotatable bonds is 5. The number of fused-ring (bicyclic) bond motifs is 3. The van der Waals surface area contributed by atoms with E-state index >= 15 is 0 Å². The van der Waals surface area contributed by atoms with Crippen molar-refractivity contribution in [2.24, 2.45) is 23.7 Å². The minimum Gasteiger partial charge on any atom is -0.310 e. The molecule has 0 aliphatic heterocycles. The summed E-state index contributed by atoms with van der Waals surface area (Å²) in [6, 6.07) is 56.7. The van der Waals surface area contributed by atoms with Gasteiger partial charge < -0.3 is 4.90 Å². The van der Waals surface area contributed by atoms with Crippen LogP contribution in [0.4, 0.5) is 17.1 Å². The van der Waals surface area contributed by atoms with Crippen LogP contribution in [-0.2, 0) is 5.41 Å². The van der Waals surface area contributed by atoms with Gasteiger partial charge in [0.2, 0.25) is 0 Å². The molecule has 4 bridgehead atoms. The Kier molecular flexibility index (Phi) is 6.13. The van der Waals surface area contributed by atoms with Gasteiger partial charge in [0.05, 0.1) is 11.4 Å². The molecule has 11 rings (SSSR count). The summed E-state index contributed by atoms with van der Waals surface area (Å²) in [6.45, 7) is 0. The van der Waals surface area contributed by atoms with Gasteiger partial charge in [0.1, 0.15) is 0 Å². The minimum absolute atomic E-state index is 0.0693. The van der Waals surface area contributed by atoms with Crippen LogP contribution in [0.5, 0.6) is 0 Å². The normalized spacial score (nSPS) is 24.7. The second kappa shape index (κ2) is 10.6. The second-order valence-corrected chi connectivity index (χ2v) is 14.6. The number of benzene rings is 6. The Balaban J connectivity index is 1.24. The summed E-state index contributed by atoms with van der Waals surface area (Å²) in [5.41, 5.74) is 15.0. The van der Waals surface area contributed by atoms with E-state index in [0.29, 0.717) is 11.8 Å². The summed E-state index contributed by atoms with van der Waals surface area (Å²) >= 11 is 0. The summed E-state index contributed by atoms with van der Waals surface area (Å²) < 4.78 is 0. The second-order valence-electron chi connectivity index (χ2n) is 14.6. The van der Waals surface area contributed by atoms with E-state index in [1.54, 1.807) is 11.1 Å². The highest BCUT2D eigenvalue weighted by Gasteiger charge is 2.62. The zero-order valence-corrected chi connectivity index (χ0v) is 26.7. The van der Waals surface area contributed by atoms with Crippen molar-refractivity contribution in [1.82, 2.24) is 0 Å². The van der Waals surface area contributed by atoms with Crippen LogP contribution in [0.3, 0.4) is 0 Å². The van der Waals surface area contributed by atoms with E-state index < -0.39 is 0 Å². The van der Waals surface area contributed by atoms with Crippen molar-refractivity contribution >= 4 is 17.1 Å². The van der Waals surface area contributed by atoms with Gasteiger partial charge in [-0.3, -0.25) is 0 Å². The third-order valence-electron chi connectivity index (χ3n) is 12.2. The number of hydrogen-bond acceptors (Lipinski definition) is 1. The molecule has 6 aromatic rings. The van der Waals surface area contributed by atoms with Gasteiger partial charge in [0.15, 0.2) is 0 Å². The predicted molar refractivity (Wildman–Crippen MR) is 195 cm³/mol. The molecule has 47 heavy (non-hydrogen) atoms. The van der Waals surface area contributed by atoms with Crippen molar-refractivity contribution in [3.63, 3.8) is 0 Å². The van der Waals surface area contributed by atoms with Crippen molar-refractivity contribution in [1.29, 1.82) is 0 Å². The average molecular weight is 606 g/mol. The predicted octanol–water partition coefficient (Wildman–Crippen LogP) is 12.2. The van der Waals surface area contributed by atoms with Crippen LogP contribution >= 0.6 is 0 Å². The molecule has 0 unspecified atom stereocenters. The van der Waals surface area contributed by atoms with E-state index in [-0.39, 0.29) is 5.41 Å². The van der Waals surface area contributed by atoms with Crippen LogP contribution in [0.25, 0.3) is 33.4 Å². The largest absolute Gasteiger partial charge is 0.310 e. The van der Waals surface area contributed by atoms with Gasteiger partial charge in [-0.2, -0.15) is 0 Å². The summed E-state index contributed by atoms with van der Waals surface area (Å²) in [6.07, 6.45) is 6.97. The fourth-order valence-corrected chi connectivity index (χ4v) is 10.7. The quantitative estimate of drug-likeness (QED) is 0.189. The molecule has 228 valence electrons. The lowest BCUT2D eigenvalue weighted by atomic mass is 9.43. The van der Waals surface area contributed by atoms with E-state index in [1.165, 1.54) is 82.5 Å². The summed E-state index contributed by atoms with van der Waals surface area (Å²) in [4.78, 5) is 2.61. The molecule has 0 N–H and O–H groups in total. The zero-order valence-electron chi connectivity index (χ0n) is 26.7. The molecule has 6 aromatic carbocycles. The fraction of sp³-hybridized carbons (Fsp3) is 0.217. The van der Waals surface area contributed by atoms with Gasteiger partial charge in [-0.05, 0) is 119 Å².